The van der Waals surface area contributed by atoms with Gasteiger partial charge in [-0.05, 0) is 57.8 Å². The van der Waals surface area contributed by atoms with Crippen molar-refractivity contribution in [3.63, 3.8) is 0 Å². The maximum atomic E-state index is 3.48. The molecule has 1 heterocycles. The predicted octanol–water partition coefficient (Wildman–Crippen LogP) is 0.794. The largest absolute Gasteiger partial charge is 0.316 e. The Kier molecular flexibility index (Phi) is 2.37. The van der Waals surface area contributed by atoms with E-state index in [2.05, 4.69) is 24.3 Å². The lowest BCUT2D eigenvalue weighted by molar-refractivity contribution is 0.317. The molecule has 0 bridgehead atoms. The van der Waals surface area contributed by atoms with Gasteiger partial charge < -0.3 is 10.2 Å². The van der Waals surface area contributed by atoms with Crippen molar-refractivity contribution in [1.82, 2.24) is 10.2 Å². The summed E-state index contributed by atoms with van der Waals surface area (Å²) in [6.07, 6.45) is 2.94. The van der Waals surface area contributed by atoms with E-state index in [9.17, 15) is 0 Å². The Hall–Kier alpha value is -0.0800. The SMILES string of the molecule is CN(C)CC1C[C@@H]2CNC[C@H]2C1. The van der Waals surface area contributed by atoms with Crippen molar-refractivity contribution < 1.29 is 0 Å². The first-order valence-electron chi connectivity index (χ1n) is 5.11. The minimum Gasteiger partial charge on any atom is -0.316 e. The third-order valence-corrected chi connectivity index (χ3v) is 3.38. The maximum absolute atomic E-state index is 3.48. The maximum Gasteiger partial charge on any atom is 0.000378 e. The molecule has 12 heavy (non-hydrogen) atoms. The van der Waals surface area contributed by atoms with Crippen LogP contribution in [0.5, 0.6) is 0 Å². The zero-order valence-electron chi connectivity index (χ0n) is 8.21. The molecular formula is C10H20N2. The summed E-state index contributed by atoms with van der Waals surface area (Å²) in [7, 11) is 4.37. The molecule has 1 saturated heterocycles. The quantitative estimate of drug-likeness (QED) is 0.656. The van der Waals surface area contributed by atoms with E-state index >= 15 is 0 Å². The zero-order valence-corrected chi connectivity index (χ0v) is 8.21. The van der Waals surface area contributed by atoms with E-state index in [0.717, 1.165) is 17.8 Å². The number of rotatable bonds is 2. The summed E-state index contributed by atoms with van der Waals surface area (Å²) in [6, 6.07) is 0. The first kappa shape index (κ1) is 8.52. The van der Waals surface area contributed by atoms with E-state index in [0.29, 0.717) is 0 Å². The van der Waals surface area contributed by atoms with Gasteiger partial charge in [0.15, 0.2) is 0 Å². The highest BCUT2D eigenvalue weighted by Crippen LogP contribution is 2.38. The summed E-state index contributed by atoms with van der Waals surface area (Å²) in [6.45, 7) is 3.87. The lowest BCUT2D eigenvalue weighted by atomic mass is 10.0. The van der Waals surface area contributed by atoms with Crippen LogP contribution < -0.4 is 5.32 Å². The molecule has 2 fully saturated rings. The Morgan fingerprint density at radius 3 is 2.25 bits per heavy atom. The molecule has 2 atom stereocenters. The molecule has 2 aliphatic rings. The predicted molar refractivity (Wildman–Crippen MR) is 51.1 cm³/mol. The fourth-order valence-corrected chi connectivity index (χ4v) is 2.96. The van der Waals surface area contributed by atoms with Crippen LogP contribution in [0.2, 0.25) is 0 Å². The second kappa shape index (κ2) is 3.35. The van der Waals surface area contributed by atoms with Crippen LogP contribution in [-0.4, -0.2) is 38.6 Å². The molecule has 1 N–H and O–H groups in total. The van der Waals surface area contributed by atoms with Gasteiger partial charge in [-0.15, -0.1) is 0 Å². The van der Waals surface area contributed by atoms with Crippen molar-refractivity contribution in [2.24, 2.45) is 17.8 Å². The molecule has 0 radical (unpaired) electrons. The molecule has 0 aromatic rings. The standard InChI is InChI=1S/C10H20N2/c1-12(2)7-8-3-9-5-11-6-10(9)4-8/h8-11H,3-7H2,1-2H3/t9-,10-/m1/s1. The van der Waals surface area contributed by atoms with Crippen LogP contribution in [0.1, 0.15) is 12.8 Å². The van der Waals surface area contributed by atoms with E-state index in [4.69, 9.17) is 0 Å². The Morgan fingerprint density at radius 1 is 1.17 bits per heavy atom. The minimum absolute atomic E-state index is 0.983. The smallest absolute Gasteiger partial charge is 0.000378 e. The molecule has 1 aliphatic heterocycles. The molecular weight excluding hydrogens is 148 g/mol. The van der Waals surface area contributed by atoms with Crippen LogP contribution in [0.3, 0.4) is 0 Å². The van der Waals surface area contributed by atoms with Gasteiger partial charge in [-0.2, -0.15) is 0 Å². The Labute approximate surface area is 75.3 Å². The van der Waals surface area contributed by atoms with Crippen molar-refractivity contribution in [2.75, 3.05) is 33.7 Å². The van der Waals surface area contributed by atoms with E-state index in [1.807, 2.05) is 0 Å². The second-order valence-corrected chi connectivity index (χ2v) is 4.78. The summed E-state index contributed by atoms with van der Waals surface area (Å²) < 4.78 is 0. The van der Waals surface area contributed by atoms with Gasteiger partial charge in [-0.1, -0.05) is 0 Å². The molecule has 2 nitrogen and oxygen atoms in total. The van der Waals surface area contributed by atoms with Gasteiger partial charge in [0.25, 0.3) is 0 Å². The van der Waals surface area contributed by atoms with Crippen molar-refractivity contribution in [2.45, 2.75) is 12.8 Å². The highest BCUT2D eigenvalue weighted by molar-refractivity contribution is 4.90. The molecule has 2 rings (SSSR count). The van der Waals surface area contributed by atoms with Gasteiger partial charge >= 0.3 is 0 Å². The molecule has 0 aromatic heterocycles. The molecule has 0 spiro atoms. The fourth-order valence-electron chi connectivity index (χ4n) is 2.96. The summed E-state index contributed by atoms with van der Waals surface area (Å²) in [5.41, 5.74) is 0. The summed E-state index contributed by atoms with van der Waals surface area (Å²) in [5, 5.41) is 3.48. The van der Waals surface area contributed by atoms with Gasteiger partial charge in [0.1, 0.15) is 0 Å². The third-order valence-electron chi connectivity index (χ3n) is 3.38. The number of nitrogens with one attached hydrogen (secondary N) is 1. The van der Waals surface area contributed by atoms with Gasteiger partial charge in [-0.3, -0.25) is 0 Å². The average molecular weight is 168 g/mol. The highest BCUT2D eigenvalue weighted by atomic mass is 15.1. The van der Waals surface area contributed by atoms with Crippen molar-refractivity contribution in [3.8, 4) is 0 Å². The monoisotopic (exact) mass is 168 g/mol. The molecule has 0 unspecified atom stereocenters. The summed E-state index contributed by atoms with van der Waals surface area (Å²) >= 11 is 0. The third kappa shape index (κ3) is 1.64. The van der Waals surface area contributed by atoms with E-state index in [-0.39, 0.29) is 0 Å². The summed E-state index contributed by atoms with van der Waals surface area (Å²) in [4.78, 5) is 2.33. The number of hydrogen-bond donors (Lipinski definition) is 1. The van der Waals surface area contributed by atoms with E-state index < -0.39 is 0 Å². The van der Waals surface area contributed by atoms with Crippen LogP contribution in [0.4, 0.5) is 0 Å². The van der Waals surface area contributed by atoms with E-state index in [1.165, 1.54) is 32.5 Å². The van der Waals surface area contributed by atoms with Gasteiger partial charge in [0, 0.05) is 6.54 Å². The molecule has 70 valence electrons. The van der Waals surface area contributed by atoms with Crippen molar-refractivity contribution in [3.05, 3.63) is 0 Å². The zero-order chi connectivity index (χ0) is 8.55. The Bertz CT molecular complexity index is 144. The van der Waals surface area contributed by atoms with Crippen LogP contribution in [0.25, 0.3) is 0 Å². The van der Waals surface area contributed by atoms with Crippen LogP contribution >= 0.6 is 0 Å². The fraction of sp³-hybridized carbons (Fsp3) is 1.00. The van der Waals surface area contributed by atoms with Gasteiger partial charge in [0.05, 0.1) is 0 Å². The number of hydrogen-bond acceptors (Lipinski definition) is 2. The lowest BCUT2D eigenvalue weighted by Gasteiger charge is -2.16. The van der Waals surface area contributed by atoms with Crippen LogP contribution in [0, 0.1) is 17.8 Å². The van der Waals surface area contributed by atoms with Gasteiger partial charge in [0.2, 0.25) is 0 Å². The van der Waals surface area contributed by atoms with Crippen molar-refractivity contribution in [1.29, 1.82) is 0 Å². The molecule has 2 heteroatoms. The first-order valence-corrected chi connectivity index (χ1v) is 5.11. The van der Waals surface area contributed by atoms with Crippen molar-refractivity contribution >= 4 is 0 Å². The highest BCUT2D eigenvalue weighted by Gasteiger charge is 2.36. The molecule has 1 saturated carbocycles. The molecule has 0 aromatic carbocycles. The molecule has 1 aliphatic carbocycles. The number of fused-ring (bicyclic) bond motifs is 1. The first-order chi connectivity index (χ1) is 5.75. The number of nitrogens with zero attached hydrogens (tertiary/aromatic N) is 1. The van der Waals surface area contributed by atoms with Crippen LogP contribution in [-0.2, 0) is 0 Å². The normalized spacial score (nSPS) is 36.2. The topological polar surface area (TPSA) is 15.3 Å². The lowest BCUT2D eigenvalue weighted by Crippen LogP contribution is -2.22. The average Bonchev–Trinajstić information content (AvgIpc) is 2.43. The minimum atomic E-state index is 0.983. The van der Waals surface area contributed by atoms with Crippen LogP contribution in [0.15, 0.2) is 0 Å². The molecule has 0 amide bonds. The Morgan fingerprint density at radius 2 is 1.75 bits per heavy atom. The second-order valence-electron chi connectivity index (χ2n) is 4.78. The van der Waals surface area contributed by atoms with E-state index in [1.54, 1.807) is 0 Å². The summed E-state index contributed by atoms with van der Waals surface area (Å²) in [5.74, 6) is 3.00. The van der Waals surface area contributed by atoms with Gasteiger partial charge in [-0.25, -0.2) is 0 Å². The Balaban J connectivity index is 1.82.